The summed E-state index contributed by atoms with van der Waals surface area (Å²) in [6, 6.07) is 6.18. The summed E-state index contributed by atoms with van der Waals surface area (Å²) in [6.07, 6.45) is -10.6. The van der Waals surface area contributed by atoms with Gasteiger partial charge >= 0.3 is 24.0 Å². The second-order valence-electron chi connectivity index (χ2n) is 8.85. The van der Waals surface area contributed by atoms with E-state index in [2.05, 4.69) is 4.84 Å². The zero-order valence-electron chi connectivity index (χ0n) is 20.1. The number of nitrogens with zero attached hydrogens (tertiary/aromatic N) is 4. The fourth-order valence-corrected chi connectivity index (χ4v) is 4.93. The molecule has 1 aromatic heterocycles. The van der Waals surface area contributed by atoms with Crippen LogP contribution in [0.2, 0.25) is 5.02 Å². The van der Waals surface area contributed by atoms with Crippen LogP contribution in [0, 0.1) is 0 Å². The quantitative estimate of drug-likeness (QED) is 0.491. The molecule has 0 radical (unpaired) electrons. The van der Waals surface area contributed by atoms with E-state index in [1.165, 1.54) is 12.1 Å². The monoisotopic (exact) mass is 589 g/mol. The number of hydrogen-bond donors (Lipinski definition) is 1. The van der Waals surface area contributed by atoms with Gasteiger partial charge in [0.25, 0.3) is 5.56 Å². The average Bonchev–Trinajstić information content (AvgIpc) is 3.07. The van der Waals surface area contributed by atoms with Gasteiger partial charge in [-0.15, -0.1) is 11.8 Å². The van der Waals surface area contributed by atoms with Crippen LogP contribution in [-0.4, -0.2) is 44.2 Å². The molecule has 1 aromatic carbocycles. The van der Waals surface area contributed by atoms with Crippen molar-refractivity contribution in [3.05, 3.63) is 55.7 Å². The highest BCUT2D eigenvalue weighted by Crippen LogP contribution is 2.46. The number of carbonyl (C=O) groups excluding carboxylic acids is 1. The maximum atomic E-state index is 13.5. The minimum Gasteiger partial charge on any atom is -0.329 e. The van der Waals surface area contributed by atoms with Crippen LogP contribution >= 0.6 is 23.4 Å². The van der Waals surface area contributed by atoms with Crippen LogP contribution in [-0.2, 0) is 29.8 Å². The molecule has 38 heavy (non-hydrogen) atoms. The summed E-state index contributed by atoms with van der Waals surface area (Å²) >= 11 is 7.05. The van der Waals surface area contributed by atoms with Crippen LogP contribution in [0.25, 0.3) is 0 Å². The molecule has 0 spiro atoms. The predicted molar refractivity (Wildman–Crippen MR) is 129 cm³/mol. The van der Waals surface area contributed by atoms with E-state index in [0.717, 1.165) is 23.7 Å². The Morgan fingerprint density at radius 1 is 1.13 bits per heavy atom. The van der Waals surface area contributed by atoms with Gasteiger partial charge in [0.05, 0.1) is 0 Å². The SMILES string of the molecule is Cn1c(=O)c2c(n(CC(F)(F)F)c1=O)N(OC(=O)C(F)(F)F)C(SC(C)(C)CN)N2Cc1ccccc1Cl. The van der Waals surface area contributed by atoms with Crippen molar-refractivity contribution in [2.24, 2.45) is 12.8 Å². The molecule has 1 atom stereocenters. The third-order valence-electron chi connectivity index (χ3n) is 5.42. The van der Waals surface area contributed by atoms with E-state index in [1.807, 2.05) is 0 Å². The number of alkyl halides is 6. The van der Waals surface area contributed by atoms with Gasteiger partial charge in [0.15, 0.2) is 17.0 Å². The number of rotatable bonds is 7. The minimum absolute atomic E-state index is 0.0377. The Morgan fingerprint density at radius 3 is 2.26 bits per heavy atom. The standard InChI is InChI=1S/C21H22ClF6N5O4S/c1-19(2,9-29)38-18-31(8-11-6-4-5-7-12(11)22)13-14(33(18)37-16(35)21(26,27)28)32(10-20(23,24)25)17(36)30(3)15(13)34/h4-7,18H,8-10,29H2,1-3H3. The molecule has 2 heterocycles. The first-order chi connectivity index (χ1) is 17.4. The lowest BCUT2D eigenvalue weighted by Gasteiger charge is -2.35. The van der Waals surface area contributed by atoms with Crippen LogP contribution in [0.1, 0.15) is 19.4 Å². The first-order valence-corrected chi connectivity index (χ1v) is 12.0. The van der Waals surface area contributed by atoms with Crippen LogP contribution in [0.15, 0.2) is 33.9 Å². The van der Waals surface area contributed by atoms with Crippen molar-refractivity contribution in [3.8, 4) is 0 Å². The molecule has 2 aromatic rings. The number of fused-ring (bicyclic) bond motifs is 1. The van der Waals surface area contributed by atoms with Gasteiger partial charge in [-0.3, -0.25) is 13.9 Å². The summed E-state index contributed by atoms with van der Waals surface area (Å²) in [5.74, 6) is -3.74. The van der Waals surface area contributed by atoms with E-state index < -0.39 is 57.9 Å². The van der Waals surface area contributed by atoms with Crippen molar-refractivity contribution >= 4 is 40.8 Å². The highest BCUT2D eigenvalue weighted by molar-refractivity contribution is 8.01. The van der Waals surface area contributed by atoms with Crippen LogP contribution < -0.4 is 26.9 Å². The molecule has 9 nitrogen and oxygen atoms in total. The first kappa shape index (κ1) is 29.7. The van der Waals surface area contributed by atoms with Crippen molar-refractivity contribution in [1.29, 1.82) is 0 Å². The lowest BCUT2D eigenvalue weighted by Crippen LogP contribution is -2.48. The first-order valence-electron chi connectivity index (χ1n) is 10.7. The lowest BCUT2D eigenvalue weighted by atomic mass is 10.2. The molecule has 0 amide bonds. The maximum absolute atomic E-state index is 13.5. The third kappa shape index (κ3) is 6.07. The van der Waals surface area contributed by atoms with Gasteiger partial charge in [-0.2, -0.15) is 31.4 Å². The van der Waals surface area contributed by atoms with Gasteiger partial charge in [-0.05, 0) is 25.5 Å². The number of carbonyl (C=O) groups is 1. The smallest absolute Gasteiger partial charge is 0.329 e. The zero-order valence-corrected chi connectivity index (χ0v) is 21.6. The lowest BCUT2D eigenvalue weighted by molar-refractivity contribution is -0.201. The molecular formula is C21H22ClF6N5O4S. The molecule has 1 unspecified atom stereocenters. The fourth-order valence-electron chi connectivity index (χ4n) is 3.52. The summed E-state index contributed by atoms with van der Waals surface area (Å²) in [6.45, 7) is 0.793. The number of hydroxylamine groups is 1. The Bertz CT molecular complexity index is 1340. The molecule has 210 valence electrons. The second kappa shape index (κ2) is 10.4. The molecular weight excluding hydrogens is 568 g/mol. The van der Waals surface area contributed by atoms with Gasteiger partial charge in [0.2, 0.25) is 0 Å². The molecule has 1 aliphatic rings. The normalized spacial score (nSPS) is 16.1. The topological polar surface area (TPSA) is 103 Å². The van der Waals surface area contributed by atoms with E-state index in [9.17, 15) is 40.7 Å². The summed E-state index contributed by atoms with van der Waals surface area (Å²) < 4.78 is 79.7. The molecule has 3 rings (SSSR count). The van der Waals surface area contributed by atoms with E-state index in [1.54, 1.807) is 26.0 Å². The van der Waals surface area contributed by atoms with E-state index in [0.29, 0.717) is 10.1 Å². The highest BCUT2D eigenvalue weighted by Gasteiger charge is 2.51. The second-order valence-corrected chi connectivity index (χ2v) is 11.0. The van der Waals surface area contributed by atoms with Gasteiger partial charge in [0, 0.05) is 29.9 Å². The van der Waals surface area contributed by atoms with Crippen molar-refractivity contribution in [1.82, 2.24) is 9.13 Å². The number of hydrogen-bond acceptors (Lipinski definition) is 8. The molecule has 0 saturated carbocycles. The van der Waals surface area contributed by atoms with Gasteiger partial charge in [0.1, 0.15) is 6.54 Å². The molecule has 1 aliphatic heterocycles. The molecule has 2 N–H and O–H groups in total. The number of anilines is 2. The number of benzene rings is 1. The Kier molecular flexibility index (Phi) is 8.11. The number of nitrogens with two attached hydrogens (primary N) is 1. The summed E-state index contributed by atoms with van der Waals surface area (Å²) in [4.78, 5) is 43.7. The van der Waals surface area contributed by atoms with Crippen LogP contribution in [0.4, 0.5) is 37.8 Å². The molecule has 17 heteroatoms. The Morgan fingerprint density at radius 2 is 1.74 bits per heavy atom. The number of halogens is 7. The Balaban J connectivity index is 2.37. The maximum Gasteiger partial charge on any atom is 0.493 e. The van der Waals surface area contributed by atoms with E-state index in [4.69, 9.17) is 17.3 Å². The van der Waals surface area contributed by atoms with Crippen molar-refractivity contribution in [2.45, 2.75) is 49.5 Å². The Hall–Kier alpha value is -2.85. The molecule has 0 fully saturated rings. The van der Waals surface area contributed by atoms with Gasteiger partial charge in [-0.25, -0.2) is 9.59 Å². The number of aromatic nitrogens is 2. The molecule has 0 bridgehead atoms. The molecule has 0 aliphatic carbocycles. The molecule has 0 saturated heterocycles. The van der Waals surface area contributed by atoms with Crippen molar-refractivity contribution in [3.63, 3.8) is 0 Å². The summed E-state index contributed by atoms with van der Waals surface area (Å²) in [5.41, 5.74) is 1.36. The summed E-state index contributed by atoms with van der Waals surface area (Å²) in [7, 11) is 0.919. The van der Waals surface area contributed by atoms with E-state index in [-0.39, 0.29) is 27.7 Å². The highest BCUT2D eigenvalue weighted by atomic mass is 35.5. The summed E-state index contributed by atoms with van der Waals surface area (Å²) in [5, 5.41) is 0.389. The van der Waals surface area contributed by atoms with E-state index >= 15 is 0 Å². The Labute approximate surface area is 220 Å². The minimum atomic E-state index is -5.55. The average molecular weight is 590 g/mol. The van der Waals surface area contributed by atoms with Gasteiger partial charge < -0.3 is 15.5 Å². The predicted octanol–water partition coefficient (Wildman–Crippen LogP) is 3.36. The van der Waals surface area contributed by atoms with Crippen LogP contribution in [0.5, 0.6) is 0 Å². The number of thioether (sulfide) groups is 1. The zero-order chi connectivity index (χ0) is 28.8. The van der Waals surface area contributed by atoms with Crippen molar-refractivity contribution < 1.29 is 36.0 Å². The largest absolute Gasteiger partial charge is 0.493 e. The van der Waals surface area contributed by atoms with Gasteiger partial charge in [-0.1, -0.05) is 29.8 Å². The van der Waals surface area contributed by atoms with Crippen molar-refractivity contribution in [2.75, 3.05) is 16.5 Å². The third-order valence-corrected chi connectivity index (χ3v) is 7.25. The fraction of sp³-hybridized carbons (Fsp3) is 0.476. The van der Waals surface area contributed by atoms with Crippen LogP contribution in [0.3, 0.4) is 0 Å².